The Morgan fingerprint density at radius 3 is 2.56 bits per heavy atom. The van der Waals surface area contributed by atoms with Crippen LogP contribution in [0.2, 0.25) is 0 Å². The first-order chi connectivity index (χ1) is 8.22. The van der Waals surface area contributed by atoms with Crippen LogP contribution in [0.1, 0.15) is 6.92 Å². The number of sulfonamides is 1. The van der Waals surface area contributed by atoms with Crippen LogP contribution in [0.25, 0.3) is 0 Å². The predicted octanol–water partition coefficient (Wildman–Crippen LogP) is 0.636. The van der Waals surface area contributed by atoms with Crippen molar-refractivity contribution in [2.24, 2.45) is 0 Å². The highest BCUT2D eigenvalue weighted by Gasteiger charge is 2.18. The Morgan fingerprint density at radius 2 is 2.06 bits per heavy atom. The second kappa shape index (κ2) is 5.64. The molecule has 102 valence electrons. The second-order valence-corrected chi connectivity index (χ2v) is 6.18. The van der Waals surface area contributed by atoms with Crippen LogP contribution < -0.4 is 10.5 Å². The van der Waals surface area contributed by atoms with Crippen LogP contribution in [-0.4, -0.2) is 40.0 Å². The van der Waals surface area contributed by atoms with E-state index in [1.165, 1.54) is 6.07 Å². The minimum absolute atomic E-state index is 0.0352. The zero-order valence-corrected chi connectivity index (χ0v) is 11.5. The fraction of sp³-hybridized carbons (Fsp3) is 0.455. The number of likely N-dealkylation sites (N-methyl/N-ethyl adjacent to an activating group) is 1. The molecule has 0 aromatic heterocycles. The summed E-state index contributed by atoms with van der Waals surface area (Å²) in [5.41, 5.74) is 5.17. The Bertz CT molecular complexity index is 517. The molecule has 0 aliphatic carbocycles. The molecule has 0 saturated heterocycles. The van der Waals surface area contributed by atoms with Crippen molar-refractivity contribution in [1.82, 2.24) is 9.62 Å². The zero-order chi connectivity index (χ0) is 13.9. The highest BCUT2D eigenvalue weighted by molar-refractivity contribution is 7.89. The topological polar surface area (TPSA) is 75.4 Å². The van der Waals surface area contributed by atoms with Crippen molar-refractivity contribution in [3.8, 4) is 0 Å². The Hall–Kier alpha value is -1.18. The van der Waals surface area contributed by atoms with Gasteiger partial charge in [0.1, 0.15) is 5.82 Å². The fourth-order valence-corrected chi connectivity index (χ4v) is 2.88. The van der Waals surface area contributed by atoms with Crippen LogP contribution in [-0.2, 0) is 10.0 Å². The minimum Gasteiger partial charge on any atom is -0.396 e. The molecule has 0 amide bonds. The lowest BCUT2D eigenvalue weighted by atomic mass is 10.3. The Balaban J connectivity index is 2.89. The van der Waals surface area contributed by atoms with E-state index in [0.29, 0.717) is 6.54 Å². The van der Waals surface area contributed by atoms with Crippen molar-refractivity contribution in [1.29, 1.82) is 0 Å². The molecule has 1 aromatic carbocycles. The molecule has 3 N–H and O–H groups in total. The van der Waals surface area contributed by atoms with Gasteiger partial charge in [0.05, 0.1) is 10.6 Å². The first-order valence-electron chi connectivity index (χ1n) is 5.44. The Labute approximate surface area is 107 Å². The number of rotatable bonds is 5. The number of benzene rings is 1. The van der Waals surface area contributed by atoms with Crippen LogP contribution in [0, 0.1) is 5.82 Å². The average molecular weight is 275 g/mol. The molecular weight excluding hydrogens is 257 g/mol. The SMILES string of the molecule is CC(CN(C)C)NS(=O)(=O)c1ccc(F)c(N)c1. The van der Waals surface area contributed by atoms with Gasteiger partial charge in [0, 0.05) is 12.6 Å². The maximum Gasteiger partial charge on any atom is 0.240 e. The van der Waals surface area contributed by atoms with E-state index in [2.05, 4.69) is 4.72 Å². The van der Waals surface area contributed by atoms with Gasteiger partial charge in [-0.2, -0.15) is 0 Å². The molecule has 0 fully saturated rings. The maximum absolute atomic E-state index is 13.0. The van der Waals surface area contributed by atoms with Gasteiger partial charge < -0.3 is 10.6 Å². The third kappa shape index (κ3) is 3.94. The van der Waals surface area contributed by atoms with E-state index < -0.39 is 15.8 Å². The molecule has 0 heterocycles. The van der Waals surface area contributed by atoms with Gasteiger partial charge in [0.25, 0.3) is 0 Å². The van der Waals surface area contributed by atoms with E-state index >= 15 is 0 Å². The van der Waals surface area contributed by atoms with Gasteiger partial charge >= 0.3 is 0 Å². The normalized spacial score (nSPS) is 13.8. The van der Waals surface area contributed by atoms with Crippen molar-refractivity contribution >= 4 is 15.7 Å². The molecule has 0 aliphatic rings. The maximum atomic E-state index is 13.0. The van der Waals surface area contributed by atoms with Gasteiger partial charge in [-0.1, -0.05) is 0 Å². The molecule has 0 saturated carbocycles. The first kappa shape index (κ1) is 14.9. The summed E-state index contributed by atoms with van der Waals surface area (Å²) < 4.78 is 39.4. The van der Waals surface area contributed by atoms with Crippen LogP contribution in [0.4, 0.5) is 10.1 Å². The van der Waals surface area contributed by atoms with E-state index in [1.54, 1.807) is 6.92 Å². The smallest absolute Gasteiger partial charge is 0.240 e. The third-order valence-electron chi connectivity index (χ3n) is 2.27. The fourth-order valence-electron chi connectivity index (χ4n) is 1.61. The molecule has 1 rings (SSSR count). The number of nitrogens with two attached hydrogens (primary N) is 1. The Kier molecular flexibility index (Phi) is 4.66. The lowest BCUT2D eigenvalue weighted by Crippen LogP contribution is -2.39. The molecule has 1 unspecified atom stereocenters. The number of halogens is 1. The predicted molar refractivity (Wildman–Crippen MR) is 69.1 cm³/mol. The molecule has 0 radical (unpaired) electrons. The molecule has 1 aromatic rings. The molecule has 7 heteroatoms. The van der Waals surface area contributed by atoms with E-state index in [-0.39, 0.29) is 16.6 Å². The van der Waals surface area contributed by atoms with E-state index in [1.807, 2.05) is 19.0 Å². The van der Waals surface area contributed by atoms with E-state index in [4.69, 9.17) is 5.73 Å². The summed E-state index contributed by atoms with van der Waals surface area (Å²) in [6.45, 7) is 2.32. The van der Waals surface area contributed by atoms with E-state index in [9.17, 15) is 12.8 Å². The molecule has 0 spiro atoms. The quantitative estimate of drug-likeness (QED) is 0.773. The van der Waals surface area contributed by atoms with Gasteiger partial charge in [-0.05, 0) is 39.2 Å². The standard InChI is InChI=1S/C11H18FN3O2S/c1-8(7-15(2)3)14-18(16,17)9-4-5-10(12)11(13)6-9/h4-6,8,14H,7,13H2,1-3H3. The summed E-state index contributed by atoms with van der Waals surface area (Å²) in [6.07, 6.45) is 0. The molecular formula is C11H18FN3O2S. The van der Waals surface area contributed by atoms with Crippen molar-refractivity contribution in [2.45, 2.75) is 17.9 Å². The zero-order valence-electron chi connectivity index (χ0n) is 10.6. The minimum atomic E-state index is -3.67. The number of nitrogen functional groups attached to an aromatic ring is 1. The lowest BCUT2D eigenvalue weighted by molar-refractivity contribution is 0.370. The number of nitrogens with zero attached hydrogens (tertiary/aromatic N) is 1. The second-order valence-electron chi connectivity index (χ2n) is 4.47. The van der Waals surface area contributed by atoms with Crippen LogP contribution in [0.3, 0.4) is 0 Å². The summed E-state index contributed by atoms with van der Waals surface area (Å²) in [5.74, 6) is -0.629. The van der Waals surface area contributed by atoms with Gasteiger partial charge in [-0.15, -0.1) is 0 Å². The molecule has 1 atom stereocenters. The molecule has 0 aliphatic heterocycles. The van der Waals surface area contributed by atoms with Crippen molar-refractivity contribution in [2.75, 3.05) is 26.4 Å². The Morgan fingerprint density at radius 1 is 1.44 bits per heavy atom. The first-order valence-corrected chi connectivity index (χ1v) is 6.93. The summed E-state index contributed by atoms with van der Waals surface area (Å²) in [7, 11) is 0.0281. The molecule has 18 heavy (non-hydrogen) atoms. The average Bonchev–Trinajstić information content (AvgIpc) is 2.19. The number of hydrogen-bond donors (Lipinski definition) is 2. The lowest BCUT2D eigenvalue weighted by Gasteiger charge is -2.18. The van der Waals surface area contributed by atoms with Crippen LogP contribution in [0.5, 0.6) is 0 Å². The van der Waals surface area contributed by atoms with Gasteiger partial charge in [-0.3, -0.25) is 0 Å². The van der Waals surface area contributed by atoms with Crippen LogP contribution >= 0.6 is 0 Å². The van der Waals surface area contributed by atoms with Crippen molar-refractivity contribution in [3.63, 3.8) is 0 Å². The summed E-state index contributed by atoms with van der Waals surface area (Å²) in [6, 6.07) is 3.09. The third-order valence-corrected chi connectivity index (χ3v) is 3.86. The number of anilines is 1. The van der Waals surface area contributed by atoms with Crippen LogP contribution in [0.15, 0.2) is 23.1 Å². The largest absolute Gasteiger partial charge is 0.396 e. The summed E-state index contributed by atoms with van der Waals surface area (Å²) in [5, 5.41) is 0. The van der Waals surface area contributed by atoms with Gasteiger partial charge in [0.15, 0.2) is 0 Å². The van der Waals surface area contributed by atoms with Crippen molar-refractivity contribution < 1.29 is 12.8 Å². The summed E-state index contributed by atoms with van der Waals surface area (Å²) in [4.78, 5) is 1.83. The van der Waals surface area contributed by atoms with E-state index in [0.717, 1.165) is 12.1 Å². The molecule has 5 nitrogen and oxygen atoms in total. The van der Waals surface area contributed by atoms with Gasteiger partial charge in [-0.25, -0.2) is 17.5 Å². The number of nitrogens with one attached hydrogen (secondary N) is 1. The highest BCUT2D eigenvalue weighted by Crippen LogP contribution is 2.16. The van der Waals surface area contributed by atoms with Crippen molar-refractivity contribution in [3.05, 3.63) is 24.0 Å². The number of hydrogen-bond acceptors (Lipinski definition) is 4. The molecule has 0 bridgehead atoms. The van der Waals surface area contributed by atoms with Gasteiger partial charge in [0.2, 0.25) is 10.0 Å². The monoisotopic (exact) mass is 275 g/mol. The summed E-state index contributed by atoms with van der Waals surface area (Å²) >= 11 is 0. The highest BCUT2D eigenvalue weighted by atomic mass is 32.2.